The number of rotatable bonds is 2. The van der Waals surface area contributed by atoms with Crippen LogP contribution >= 0.6 is 0 Å². The third kappa shape index (κ3) is 2.50. The molecule has 0 fully saturated rings. The predicted molar refractivity (Wildman–Crippen MR) is 67.7 cm³/mol. The summed E-state index contributed by atoms with van der Waals surface area (Å²) < 4.78 is 18.3. The Morgan fingerprint density at radius 2 is 1.94 bits per heavy atom. The molecule has 0 aliphatic heterocycles. The van der Waals surface area contributed by atoms with Gasteiger partial charge in [-0.1, -0.05) is 25.2 Å². The molecule has 0 amide bonds. The Morgan fingerprint density at radius 1 is 1.28 bits per heavy atom. The van der Waals surface area contributed by atoms with Gasteiger partial charge in [0.2, 0.25) is 0 Å². The molecule has 2 unspecified atom stereocenters. The molecule has 0 heterocycles. The van der Waals surface area contributed by atoms with Gasteiger partial charge < -0.3 is 4.74 Å². The number of ether oxygens (including phenoxy) is 1. The average Bonchev–Trinajstić information content (AvgIpc) is 2.34. The van der Waals surface area contributed by atoms with Crippen LogP contribution in [-0.4, -0.2) is 11.6 Å². The van der Waals surface area contributed by atoms with Crippen molar-refractivity contribution in [1.29, 1.82) is 0 Å². The van der Waals surface area contributed by atoms with Crippen LogP contribution in [0.1, 0.15) is 24.2 Å². The highest BCUT2D eigenvalue weighted by Crippen LogP contribution is 2.28. The molecule has 0 spiro atoms. The summed E-state index contributed by atoms with van der Waals surface area (Å²) in [4.78, 5) is 12.0. The van der Waals surface area contributed by atoms with Crippen LogP contribution in [0, 0.1) is 11.7 Å². The van der Waals surface area contributed by atoms with Crippen molar-refractivity contribution in [1.82, 2.24) is 0 Å². The second-order valence-corrected chi connectivity index (χ2v) is 4.61. The summed E-state index contributed by atoms with van der Waals surface area (Å²) in [5, 5.41) is 0. The zero-order valence-electron chi connectivity index (χ0n) is 10.4. The number of benzene rings is 1. The SMILES string of the molecule is CC1C=CC=CC1(C)OC(=O)c1ccc(F)cc1. The molecular formula is C15H15FO2. The van der Waals surface area contributed by atoms with Gasteiger partial charge in [0.15, 0.2) is 0 Å². The Labute approximate surface area is 106 Å². The Kier molecular flexibility index (Phi) is 3.32. The molecule has 18 heavy (non-hydrogen) atoms. The number of halogens is 1. The Morgan fingerprint density at radius 3 is 2.56 bits per heavy atom. The quantitative estimate of drug-likeness (QED) is 0.746. The van der Waals surface area contributed by atoms with Crippen LogP contribution in [0.15, 0.2) is 48.6 Å². The summed E-state index contributed by atoms with van der Waals surface area (Å²) in [6.07, 6.45) is 7.63. The van der Waals surface area contributed by atoms with Crippen molar-refractivity contribution in [2.24, 2.45) is 5.92 Å². The van der Waals surface area contributed by atoms with Gasteiger partial charge in [-0.15, -0.1) is 0 Å². The molecule has 1 aromatic carbocycles. The van der Waals surface area contributed by atoms with E-state index in [0.717, 1.165) is 0 Å². The van der Waals surface area contributed by atoms with E-state index in [1.54, 1.807) is 0 Å². The fourth-order valence-electron chi connectivity index (χ4n) is 1.79. The molecule has 0 saturated carbocycles. The normalized spacial score (nSPS) is 26.1. The third-order valence-corrected chi connectivity index (χ3v) is 3.23. The Hall–Kier alpha value is -1.90. The Balaban J connectivity index is 2.14. The maximum atomic E-state index is 12.8. The molecule has 0 saturated heterocycles. The van der Waals surface area contributed by atoms with Crippen molar-refractivity contribution in [2.75, 3.05) is 0 Å². The van der Waals surface area contributed by atoms with Gasteiger partial charge in [-0.2, -0.15) is 0 Å². The molecule has 2 atom stereocenters. The fourth-order valence-corrected chi connectivity index (χ4v) is 1.79. The minimum Gasteiger partial charge on any atom is -0.451 e. The first kappa shape index (κ1) is 12.6. The maximum absolute atomic E-state index is 12.8. The predicted octanol–water partition coefficient (Wildman–Crippen LogP) is 3.50. The number of carbonyl (C=O) groups is 1. The van der Waals surface area contributed by atoms with Crippen molar-refractivity contribution >= 4 is 5.97 Å². The minimum atomic E-state index is -0.653. The van der Waals surface area contributed by atoms with Crippen LogP contribution < -0.4 is 0 Å². The molecule has 1 aromatic rings. The fraction of sp³-hybridized carbons (Fsp3) is 0.267. The molecule has 0 radical (unpaired) electrons. The van der Waals surface area contributed by atoms with Crippen LogP contribution in [0.2, 0.25) is 0 Å². The first-order valence-corrected chi connectivity index (χ1v) is 5.86. The molecule has 2 nitrogen and oxygen atoms in total. The van der Waals surface area contributed by atoms with E-state index in [2.05, 4.69) is 0 Å². The average molecular weight is 246 g/mol. The van der Waals surface area contributed by atoms with E-state index in [0.29, 0.717) is 5.56 Å². The zero-order chi connectivity index (χ0) is 13.2. The van der Waals surface area contributed by atoms with E-state index in [1.165, 1.54) is 24.3 Å². The summed E-state index contributed by atoms with van der Waals surface area (Å²) >= 11 is 0. The number of allylic oxidation sites excluding steroid dienone is 2. The molecule has 0 aromatic heterocycles. The smallest absolute Gasteiger partial charge is 0.339 e. The van der Waals surface area contributed by atoms with Gasteiger partial charge in [0.05, 0.1) is 5.56 Å². The van der Waals surface area contributed by atoms with E-state index in [-0.39, 0.29) is 11.7 Å². The summed E-state index contributed by atoms with van der Waals surface area (Å²) in [6, 6.07) is 5.35. The summed E-state index contributed by atoms with van der Waals surface area (Å²) in [6.45, 7) is 3.84. The lowest BCUT2D eigenvalue weighted by atomic mass is 9.87. The van der Waals surface area contributed by atoms with E-state index >= 15 is 0 Å². The highest BCUT2D eigenvalue weighted by atomic mass is 19.1. The standard InChI is InChI=1S/C15H15FO2/c1-11-5-3-4-10-15(11,2)18-14(17)12-6-8-13(16)9-7-12/h3-11H,1-2H3. The largest absolute Gasteiger partial charge is 0.451 e. The lowest BCUT2D eigenvalue weighted by molar-refractivity contribution is -0.00300. The molecule has 0 bridgehead atoms. The Bertz CT molecular complexity index is 502. The second kappa shape index (κ2) is 4.77. The molecule has 2 rings (SSSR count). The van der Waals surface area contributed by atoms with E-state index < -0.39 is 11.6 Å². The molecular weight excluding hydrogens is 231 g/mol. The minimum absolute atomic E-state index is 0.104. The first-order valence-electron chi connectivity index (χ1n) is 5.86. The van der Waals surface area contributed by atoms with Crippen molar-refractivity contribution < 1.29 is 13.9 Å². The van der Waals surface area contributed by atoms with Crippen molar-refractivity contribution in [3.8, 4) is 0 Å². The van der Waals surface area contributed by atoms with E-state index in [1.807, 2.05) is 38.2 Å². The van der Waals surface area contributed by atoms with Crippen LogP contribution in [-0.2, 0) is 4.74 Å². The van der Waals surface area contributed by atoms with E-state index in [9.17, 15) is 9.18 Å². The zero-order valence-corrected chi connectivity index (χ0v) is 10.4. The lowest BCUT2D eigenvalue weighted by Crippen LogP contribution is -2.36. The van der Waals surface area contributed by atoms with Crippen LogP contribution in [0.5, 0.6) is 0 Å². The summed E-state index contributed by atoms with van der Waals surface area (Å²) in [5.41, 5.74) is -0.298. The third-order valence-electron chi connectivity index (χ3n) is 3.23. The number of carbonyl (C=O) groups excluding carboxylic acids is 1. The molecule has 0 N–H and O–H groups in total. The highest BCUT2D eigenvalue weighted by molar-refractivity contribution is 5.89. The van der Waals surface area contributed by atoms with E-state index in [4.69, 9.17) is 4.74 Å². The number of hydrogen-bond acceptors (Lipinski definition) is 2. The summed E-state index contributed by atoms with van der Waals surface area (Å²) in [5.74, 6) is -0.706. The van der Waals surface area contributed by atoms with Gasteiger partial charge in [0.1, 0.15) is 11.4 Å². The van der Waals surface area contributed by atoms with Gasteiger partial charge in [-0.25, -0.2) is 9.18 Å². The van der Waals surface area contributed by atoms with Crippen LogP contribution in [0.4, 0.5) is 4.39 Å². The number of hydrogen-bond donors (Lipinski definition) is 0. The van der Waals surface area contributed by atoms with Crippen molar-refractivity contribution in [3.05, 3.63) is 60.0 Å². The monoisotopic (exact) mass is 246 g/mol. The van der Waals surface area contributed by atoms with Crippen molar-refractivity contribution in [2.45, 2.75) is 19.4 Å². The van der Waals surface area contributed by atoms with Gasteiger partial charge in [-0.3, -0.25) is 0 Å². The van der Waals surface area contributed by atoms with Gasteiger partial charge >= 0.3 is 5.97 Å². The van der Waals surface area contributed by atoms with Gasteiger partial charge in [0.25, 0.3) is 0 Å². The molecule has 1 aliphatic carbocycles. The first-order chi connectivity index (χ1) is 8.51. The van der Waals surface area contributed by atoms with Gasteiger partial charge in [-0.05, 0) is 37.3 Å². The van der Waals surface area contributed by atoms with Crippen LogP contribution in [0.25, 0.3) is 0 Å². The number of esters is 1. The molecule has 1 aliphatic rings. The summed E-state index contributed by atoms with van der Waals surface area (Å²) in [7, 11) is 0. The van der Waals surface area contributed by atoms with Gasteiger partial charge in [0, 0.05) is 5.92 Å². The molecule has 3 heteroatoms. The lowest BCUT2D eigenvalue weighted by Gasteiger charge is -2.32. The van der Waals surface area contributed by atoms with Crippen LogP contribution in [0.3, 0.4) is 0 Å². The van der Waals surface area contributed by atoms with Crippen molar-refractivity contribution in [3.63, 3.8) is 0 Å². The maximum Gasteiger partial charge on any atom is 0.339 e. The second-order valence-electron chi connectivity index (χ2n) is 4.61. The highest BCUT2D eigenvalue weighted by Gasteiger charge is 2.32. The topological polar surface area (TPSA) is 26.3 Å². The molecule has 94 valence electrons.